The first-order chi connectivity index (χ1) is 7.30. The van der Waals surface area contributed by atoms with E-state index < -0.39 is 5.82 Å². The van der Waals surface area contributed by atoms with E-state index in [1.165, 1.54) is 6.07 Å². The largest absolute Gasteiger partial charge is 0.387 e. The van der Waals surface area contributed by atoms with Crippen molar-refractivity contribution in [2.45, 2.75) is 27.3 Å². The summed E-state index contributed by atoms with van der Waals surface area (Å²) in [5.41, 5.74) is 6.51. The smallest absolute Gasteiger partial charge is 0.141 e. The van der Waals surface area contributed by atoms with Crippen molar-refractivity contribution >= 4 is 17.4 Å². The molecule has 0 unspecified atom stereocenters. The van der Waals surface area contributed by atoms with Crippen molar-refractivity contribution in [3.05, 3.63) is 34.6 Å². The van der Waals surface area contributed by atoms with Crippen molar-refractivity contribution in [3.8, 4) is 0 Å². The molecule has 0 heterocycles. The Hall–Kier alpha value is -1.09. The van der Waals surface area contributed by atoms with Gasteiger partial charge in [-0.25, -0.2) is 4.39 Å². The first-order valence-electron chi connectivity index (χ1n) is 5.05. The van der Waals surface area contributed by atoms with E-state index in [1.54, 1.807) is 12.1 Å². The molecule has 1 aromatic rings. The molecule has 2 N–H and O–H groups in total. The Morgan fingerprint density at radius 2 is 2.06 bits per heavy atom. The molecule has 0 aliphatic rings. The van der Waals surface area contributed by atoms with Gasteiger partial charge in [0.1, 0.15) is 5.82 Å². The highest BCUT2D eigenvalue weighted by atomic mass is 35.5. The number of benzene rings is 1. The fraction of sp³-hybridized carbons (Fsp3) is 0.417. The van der Waals surface area contributed by atoms with E-state index in [0.29, 0.717) is 12.4 Å². The molecular weight excluding hydrogens is 227 g/mol. The van der Waals surface area contributed by atoms with Crippen LogP contribution in [0.1, 0.15) is 26.3 Å². The number of rotatable bonds is 2. The number of hydrogen-bond acceptors (Lipinski definition) is 1. The SMILES string of the molecule is CC(C)(C)C(N)=NCc1ccc(F)c(Cl)c1. The molecule has 0 aromatic heterocycles. The zero-order chi connectivity index (χ0) is 12.3. The minimum absolute atomic E-state index is 0.113. The minimum Gasteiger partial charge on any atom is -0.387 e. The van der Waals surface area contributed by atoms with Crippen molar-refractivity contribution in [2.24, 2.45) is 16.1 Å². The van der Waals surface area contributed by atoms with Gasteiger partial charge in [0.15, 0.2) is 0 Å². The molecule has 1 rings (SSSR count). The second-order valence-corrected chi connectivity index (χ2v) is 5.11. The molecule has 0 aliphatic heterocycles. The average Bonchev–Trinajstić information content (AvgIpc) is 2.18. The molecule has 2 nitrogen and oxygen atoms in total. The van der Waals surface area contributed by atoms with E-state index in [-0.39, 0.29) is 10.4 Å². The molecule has 0 saturated heterocycles. The van der Waals surface area contributed by atoms with E-state index >= 15 is 0 Å². The first kappa shape index (κ1) is 13.0. The molecule has 16 heavy (non-hydrogen) atoms. The van der Waals surface area contributed by atoms with E-state index in [1.807, 2.05) is 20.8 Å². The highest BCUT2D eigenvalue weighted by Crippen LogP contribution is 2.18. The highest BCUT2D eigenvalue weighted by Gasteiger charge is 2.14. The molecule has 0 amide bonds. The van der Waals surface area contributed by atoms with Crippen molar-refractivity contribution in [2.75, 3.05) is 0 Å². The summed E-state index contributed by atoms with van der Waals surface area (Å²) in [5, 5.41) is 0.113. The van der Waals surface area contributed by atoms with Crippen LogP contribution in [0.15, 0.2) is 23.2 Å². The van der Waals surface area contributed by atoms with Gasteiger partial charge in [-0.2, -0.15) is 0 Å². The molecule has 0 atom stereocenters. The van der Waals surface area contributed by atoms with Crippen LogP contribution in [0.2, 0.25) is 5.02 Å². The fourth-order valence-corrected chi connectivity index (χ4v) is 1.25. The maximum absolute atomic E-state index is 12.9. The first-order valence-corrected chi connectivity index (χ1v) is 5.43. The van der Waals surface area contributed by atoms with Crippen LogP contribution in [-0.2, 0) is 6.54 Å². The molecule has 0 radical (unpaired) electrons. The van der Waals surface area contributed by atoms with Gasteiger partial charge in [0.2, 0.25) is 0 Å². The number of nitrogens with two attached hydrogens (primary N) is 1. The van der Waals surface area contributed by atoms with Crippen LogP contribution < -0.4 is 5.73 Å². The molecule has 0 bridgehead atoms. The van der Waals surface area contributed by atoms with Crippen molar-refractivity contribution in [3.63, 3.8) is 0 Å². The lowest BCUT2D eigenvalue weighted by molar-refractivity contribution is 0.581. The zero-order valence-corrected chi connectivity index (χ0v) is 10.5. The molecule has 0 spiro atoms. The van der Waals surface area contributed by atoms with E-state index in [0.717, 1.165) is 5.56 Å². The quantitative estimate of drug-likeness (QED) is 0.627. The molecule has 0 saturated carbocycles. The third kappa shape index (κ3) is 3.49. The summed E-state index contributed by atoms with van der Waals surface area (Å²) in [4.78, 5) is 4.25. The number of halogens is 2. The predicted molar refractivity (Wildman–Crippen MR) is 66.2 cm³/mol. The van der Waals surface area contributed by atoms with Gasteiger partial charge in [-0.05, 0) is 17.7 Å². The number of amidine groups is 1. The number of hydrogen-bond donors (Lipinski definition) is 1. The number of aliphatic imine (C=N–C) groups is 1. The lowest BCUT2D eigenvalue weighted by Gasteiger charge is -2.17. The maximum atomic E-state index is 12.9. The van der Waals surface area contributed by atoms with Crippen LogP contribution in [-0.4, -0.2) is 5.84 Å². The standard InChI is InChI=1S/C12H16ClFN2/c1-12(2,3)11(15)16-7-8-4-5-10(14)9(13)6-8/h4-6H,7H2,1-3H3,(H2,15,16). The zero-order valence-electron chi connectivity index (χ0n) is 9.72. The molecule has 4 heteroatoms. The van der Waals surface area contributed by atoms with Crippen LogP contribution in [0.3, 0.4) is 0 Å². The van der Waals surface area contributed by atoms with Crippen LogP contribution in [0.5, 0.6) is 0 Å². The third-order valence-electron chi connectivity index (χ3n) is 2.18. The van der Waals surface area contributed by atoms with Gasteiger partial charge >= 0.3 is 0 Å². The Morgan fingerprint density at radius 3 is 2.56 bits per heavy atom. The highest BCUT2D eigenvalue weighted by molar-refractivity contribution is 6.30. The van der Waals surface area contributed by atoms with Crippen LogP contribution in [0, 0.1) is 11.2 Å². The molecule has 88 valence electrons. The summed E-state index contributed by atoms with van der Waals surface area (Å²) in [5.74, 6) is 0.158. The summed E-state index contributed by atoms with van der Waals surface area (Å²) in [6.45, 7) is 6.39. The normalized spacial score (nSPS) is 12.9. The Balaban J connectivity index is 2.79. The van der Waals surface area contributed by atoms with E-state index in [4.69, 9.17) is 17.3 Å². The Bertz CT molecular complexity index is 408. The van der Waals surface area contributed by atoms with Crippen molar-refractivity contribution < 1.29 is 4.39 Å². The van der Waals surface area contributed by atoms with Gasteiger partial charge in [-0.15, -0.1) is 0 Å². The maximum Gasteiger partial charge on any atom is 0.141 e. The summed E-state index contributed by atoms with van der Waals surface area (Å²) in [6.07, 6.45) is 0. The topological polar surface area (TPSA) is 38.4 Å². The van der Waals surface area contributed by atoms with Gasteiger partial charge in [-0.3, -0.25) is 4.99 Å². The molecule has 1 aromatic carbocycles. The third-order valence-corrected chi connectivity index (χ3v) is 2.47. The molecular formula is C12H16ClFN2. The van der Waals surface area contributed by atoms with E-state index in [9.17, 15) is 4.39 Å². The summed E-state index contributed by atoms with van der Waals surface area (Å²) in [6, 6.07) is 4.55. The van der Waals surface area contributed by atoms with Gasteiger partial charge in [0, 0.05) is 5.41 Å². The Labute approximate surface area is 100 Å². The second kappa shape index (κ2) is 4.83. The minimum atomic E-state index is -0.418. The van der Waals surface area contributed by atoms with Crippen LogP contribution in [0.25, 0.3) is 0 Å². The monoisotopic (exact) mass is 242 g/mol. The lowest BCUT2D eigenvalue weighted by atomic mass is 9.95. The van der Waals surface area contributed by atoms with Gasteiger partial charge in [0.25, 0.3) is 0 Å². The summed E-state index contributed by atoms with van der Waals surface area (Å²) < 4.78 is 12.9. The summed E-state index contributed by atoms with van der Waals surface area (Å²) in [7, 11) is 0. The van der Waals surface area contributed by atoms with Crippen molar-refractivity contribution in [1.29, 1.82) is 0 Å². The van der Waals surface area contributed by atoms with Crippen LogP contribution >= 0.6 is 11.6 Å². The Kier molecular flexibility index (Phi) is 3.92. The fourth-order valence-electron chi connectivity index (χ4n) is 1.05. The van der Waals surface area contributed by atoms with Crippen LogP contribution in [0.4, 0.5) is 4.39 Å². The van der Waals surface area contributed by atoms with Gasteiger partial charge < -0.3 is 5.73 Å². The second-order valence-electron chi connectivity index (χ2n) is 4.70. The number of nitrogens with zero attached hydrogens (tertiary/aromatic N) is 1. The lowest BCUT2D eigenvalue weighted by Crippen LogP contribution is -2.28. The average molecular weight is 243 g/mol. The summed E-state index contributed by atoms with van der Waals surface area (Å²) >= 11 is 5.66. The Morgan fingerprint density at radius 1 is 1.44 bits per heavy atom. The van der Waals surface area contributed by atoms with Gasteiger partial charge in [0.05, 0.1) is 17.4 Å². The van der Waals surface area contributed by atoms with E-state index in [2.05, 4.69) is 4.99 Å². The predicted octanol–water partition coefficient (Wildman–Crippen LogP) is 3.38. The van der Waals surface area contributed by atoms with Gasteiger partial charge in [-0.1, -0.05) is 38.4 Å². The van der Waals surface area contributed by atoms with Crippen molar-refractivity contribution in [1.82, 2.24) is 0 Å². The molecule has 0 fully saturated rings. The molecule has 0 aliphatic carbocycles.